The molecule has 17 heavy (non-hydrogen) atoms. The number of nitrogens with one attached hydrogen (secondary N) is 2. The van der Waals surface area contributed by atoms with Crippen LogP contribution in [0.15, 0.2) is 0 Å². The van der Waals surface area contributed by atoms with Crippen molar-refractivity contribution in [3.8, 4) is 6.07 Å². The second-order valence-electron chi connectivity index (χ2n) is 5.43. The average Bonchev–Trinajstić information content (AvgIpc) is 2.27. The zero-order valence-corrected chi connectivity index (χ0v) is 10.9. The van der Waals surface area contributed by atoms with Crippen LogP contribution < -0.4 is 10.6 Å². The summed E-state index contributed by atoms with van der Waals surface area (Å²) in [6, 6.07) is 2.44. The summed E-state index contributed by atoms with van der Waals surface area (Å²) in [7, 11) is 0. The molecule has 4 nitrogen and oxygen atoms in total. The average molecular weight is 237 g/mol. The Labute approximate surface area is 104 Å². The van der Waals surface area contributed by atoms with Crippen LogP contribution in [0.3, 0.4) is 0 Å². The largest absolute Gasteiger partial charge is 0.354 e. The minimum absolute atomic E-state index is 0.0124. The summed E-state index contributed by atoms with van der Waals surface area (Å²) < 4.78 is 0. The van der Waals surface area contributed by atoms with Crippen LogP contribution in [0.5, 0.6) is 0 Å². The van der Waals surface area contributed by atoms with Crippen LogP contribution in [-0.4, -0.2) is 25.0 Å². The SMILES string of the molecule is CC1(C)CCCCC1NCC(=O)NCCC#N. The molecule has 0 saturated heterocycles. The molecule has 1 saturated carbocycles. The number of hydrogen-bond donors (Lipinski definition) is 2. The van der Waals surface area contributed by atoms with Crippen LogP contribution in [0.1, 0.15) is 46.0 Å². The highest BCUT2D eigenvalue weighted by Crippen LogP contribution is 2.35. The van der Waals surface area contributed by atoms with Gasteiger partial charge in [0.05, 0.1) is 19.0 Å². The molecule has 1 aliphatic carbocycles. The third kappa shape index (κ3) is 4.74. The van der Waals surface area contributed by atoms with Gasteiger partial charge in [0.2, 0.25) is 5.91 Å². The second kappa shape index (κ2) is 6.61. The van der Waals surface area contributed by atoms with Crippen molar-refractivity contribution in [1.29, 1.82) is 5.26 Å². The monoisotopic (exact) mass is 237 g/mol. The molecule has 0 spiro atoms. The second-order valence-corrected chi connectivity index (χ2v) is 5.43. The van der Waals surface area contributed by atoms with Gasteiger partial charge < -0.3 is 10.6 Å². The molecule has 1 unspecified atom stereocenters. The molecule has 0 bridgehead atoms. The van der Waals surface area contributed by atoms with E-state index in [4.69, 9.17) is 5.26 Å². The van der Waals surface area contributed by atoms with Crippen molar-refractivity contribution < 1.29 is 4.79 Å². The zero-order chi connectivity index (χ0) is 12.7. The van der Waals surface area contributed by atoms with E-state index in [1.807, 2.05) is 6.07 Å². The first-order valence-corrected chi connectivity index (χ1v) is 6.43. The molecule has 1 atom stereocenters. The predicted octanol–water partition coefficient (Wildman–Crippen LogP) is 1.57. The maximum atomic E-state index is 11.5. The molecule has 96 valence electrons. The quantitative estimate of drug-likeness (QED) is 0.713. The summed E-state index contributed by atoms with van der Waals surface area (Å²) in [6.45, 7) is 5.33. The first kappa shape index (κ1) is 14.0. The van der Waals surface area contributed by atoms with Crippen LogP contribution in [0.25, 0.3) is 0 Å². The maximum absolute atomic E-state index is 11.5. The Balaban J connectivity index is 2.25. The lowest BCUT2D eigenvalue weighted by Crippen LogP contribution is -2.47. The third-order valence-electron chi connectivity index (χ3n) is 3.58. The fraction of sp³-hybridized carbons (Fsp3) is 0.846. The highest BCUT2D eigenvalue weighted by atomic mass is 16.1. The molecule has 2 N–H and O–H groups in total. The van der Waals surface area contributed by atoms with E-state index in [1.165, 1.54) is 19.3 Å². The minimum Gasteiger partial charge on any atom is -0.354 e. The predicted molar refractivity (Wildman–Crippen MR) is 67.3 cm³/mol. The molecule has 0 aliphatic heterocycles. The van der Waals surface area contributed by atoms with E-state index >= 15 is 0 Å². The summed E-state index contributed by atoms with van der Waals surface area (Å²) in [4.78, 5) is 11.5. The Kier molecular flexibility index (Phi) is 5.43. The van der Waals surface area contributed by atoms with Gasteiger partial charge in [0.15, 0.2) is 0 Å². The number of amides is 1. The van der Waals surface area contributed by atoms with Gasteiger partial charge >= 0.3 is 0 Å². The van der Waals surface area contributed by atoms with Crippen molar-refractivity contribution in [2.75, 3.05) is 13.1 Å². The number of carbonyl (C=O) groups is 1. The summed E-state index contributed by atoms with van der Waals surface area (Å²) in [6.07, 6.45) is 5.29. The molecule has 1 aliphatic rings. The fourth-order valence-electron chi connectivity index (χ4n) is 2.41. The molecule has 0 aromatic rings. The van der Waals surface area contributed by atoms with Gasteiger partial charge in [-0.05, 0) is 18.3 Å². The Morgan fingerprint density at radius 2 is 2.24 bits per heavy atom. The molecule has 1 rings (SSSR count). The van der Waals surface area contributed by atoms with E-state index in [2.05, 4.69) is 24.5 Å². The molecule has 0 heterocycles. The van der Waals surface area contributed by atoms with E-state index in [1.54, 1.807) is 0 Å². The highest BCUT2D eigenvalue weighted by molar-refractivity contribution is 5.78. The van der Waals surface area contributed by atoms with E-state index in [0.29, 0.717) is 25.6 Å². The Bertz CT molecular complexity index is 294. The summed E-state index contributed by atoms with van der Waals surface area (Å²) in [5.74, 6) is -0.0124. The van der Waals surface area contributed by atoms with E-state index < -0.39 is 0 Å². The zero-order valence-electron chi connectivity index (χ0n) is 10.9. The Morgan fingerprint density at radius 3 is 2.88 bits per heavy atom. The van der Waals surface area contributed by atoms with Gasteiger partial charge in [-0.2, -0.15) is 5.26 Å². The van der Waals surface area contributed by atoms with Crippen molar-refractivity contribution in [2.24, 2.45) is 5.41 Å². The topological polar surface area (TPSA) is 64.9 Å². The number of carbonyl (C=O) groups excluding carboxylic acids is 1. The number of rotatable bonds is 5. The Morgan fingerprint density at radius 1 is 1.47 bits per heavy atom. The normalized spacial score (nSPS) is 22.8. The maximum Gasteiger partial charge on any atom is 0.233 e. The number of nitrogens with zero attached hydrogens (tertiary/aromatic N) is 1. The molecule has 0 aromatic heterocycles. The lowest BCUT2D eigenvalue weighted by atomic mass is 9.73. The molecule has 4 heteroatoms. The Hall–Kier alpha value is -1.08. The van der Waals surface area contributed by atoms with E-state index in [9.17, 15) is 4.79 Å². The number of nitriles is 1. The van der Waals surface area contributed by atoms with Gasteiger partial charge in [-0.25, -0.2) is 0 Å². The van der Waals surface area contributed by atoms with E-state index in [0.717, 1.165) is 6.42 Å². The van der Waals surface area contributed by atoms with Gasteiger partial charge in [-0.1, -0.05) is 26.7 Å². The van der Waals surface area contributed by atoms with Gasteiger partial charge in [0, 0.05) is 12.6 Å². The highest BCUT2D eigenvalue weighted by Gasteiger charge is 2.31. The first-order valence-electron chi connectivity index (χ1n) is 6.43. The van der Waals surface area contributed by atoms with Crippen LogP contribution in [0, 0.1) is 16.7 Å². The van der Waals surface area contributed by atoms with Gasteiger partial charge in [-0.15, -0.1) is 0 Å². The molecule has 0 aromatic carbocycles. The van der Waals surface area contributed by atoms with Crippen LogP contribution in [-0.2, 0) is 4.79 Å². The fourth-order valence-corrected chi connectivity index (χ4v) is 2.41. The molecule has 1 fully saturated rings. The standard InChI is InChI=1S/C13H23N3O/c1-13(2)7-4-3-6-11(13)16-10-12(17)15-9-5-8-14/h11,16H,3-7,9-10H2,1-2H3,(H,15,17). The first-order chi connectivity index (χ1) is 8.06. The van der Waals surface area contributed by atoms with Crippen molar-refractivity contribution in [3.63, 3.8) is 0 Å². The summed E-state index contributed by atoms with van der Waals surface area (Å²) in [5.41, 5.74) is 0.283. The van der Waals surface area contributed by atoms with Crippen LogP contribution in [0.4, 0.5) is 0 Å². The summed E-state index contributed by atoms with van der Waals surface area (Å²) >= 11 is 0. The summed E-state index contributed by atoms with van der Waals surface area (Å²) in [5, 5.41) is 14.4. The lowest BCUT2D eigenvalue weighted by molar-refractivity contribution is -0.120. The van der Waals surface area contributed by atoms with Crippen molar-refractivity contribution in [1.82, 2.24) is 10.6 Å². The van der Waals surface area contributed by atoms with Gasteiger partial charge in [0.25, 0.3) is 0 Å². The minimum atomic E-state index is -0.0124. The smallest absolute Gasteiger partial charge is 0.233 e. The van der Waals surface area contributed by atoms with Crippen molar-refractivity contribution in [3.05, 3.63) is 0 Å². The molecular formula is C13H23N3O. The van der Waals surface area contributed by atoms with Gasteiger partial charge in [-0.3, -0.25) is 4.79 Å². The van der Waals surface area contributed by atoms with Crippen molar-refractivity contribution in [2.45, 2.75) is 52.0 Å². The van der Waals surface area contributed by atoms with Crippen LogP contribution >= 0.6 is 0 Å². The van der Waals surface area contributed by atoms with Crippen molar-refractivity contribution >= 4 is 5.91 Å². The molecular weight excluding hydrogens is 214 g/mol. The third-order valence-corrected chi connectivity index (χ3v) is 3.58. The van der Waals surface area contributed by atoms with Gasteiger partial charge in [0.1, 0.15) is 0 Å². The van der Waals surface area contributed by atoms with Crippen LogP contribution in [0.2, 0.25) is 0 Å². The number of hydrogen-bond acceptors (Lipinski definition) is 3. The molecule has 0 radical (unpaired) electrons. The lowest BCUT2D eigenvalue weighted by Gasteiger charge is -2.39. The van der Waals surface area contributed by atoms with E-state index in [-0.39, 0.29) is 11.3 Å². The molecule has 1 amide bonds.